The Labute approximate surface area is 234 Å². The van der Waals surface area contributed by atoms with Gasteiger partial charge in [0.25, 0.3) is 0 Å². The number of rotatable bonds is 6. The Morgan fingerprint density at radius 1 is 1.15 bits per heavy atom. The Hall–Kier alpha value is -3.38. The Morgan fingerprint density at radius 3 is 2.74 bits per heavy atom. The van der Waals surface area contributed by atoms with Crippen molar-refractivity contribution < 1.29 is 19.1 Å². The maximum Gasteiger partial charge on any atom is 0.341 e. The van der Waals surface area contributed by atoms with E-state index in [9.17, 15) is 9.59 Å². The number of hydrogen-bond acceptors (Lipinski definition) is 5. The van der Waals surface area contributed by atoms with Gasteiger partial charge < -0.3 is 14.8 Å². The summed E-state index contributed by atoms with van der Waals surface area (Å²) in [7, 11) is 1.73. The van der Waals surface area contributed by atoms with Gasteiger partial charge in [-0.1, -0.05) is 43.3 Å². The summed E-state index contributed by atoms with van der Waals surface area (Å²) in [6.07, 6.45) is 8.59. The molecular formula is C33H35NO4S. The molecular weight excluding hydrogens is 506 g/mol. The summed E-state index contributed by atoms with van der Waals surface area (Å²) in [4.78, 5) is 27.5. The number of carbonyl (C=O) groups excluding carboxylic acids is 2. The molecule has 1 fully saturated rings. The Kier molecular flexibility index (Phi) is 6.84. The lowest BCUT2D eigenvalue weighted by atomic mass is 9.54. The number of benzene rings is 2. The topological polar surface area (TPSA) is 64.6 Å². The van der Waals surface area contributed by atoms with Gasteiger partial charge in [0.1, 0.15) is 10.8 Å². The lowest BCUT2D eigenvalue weighted by Crippen LogP contribution is -2.43. The molecule has 2 aromatic carbocycles. The third-order valence-electron chi connectivity index (χ3n) is 9.22. The molecule has 1 heterocycles. The molecule has 1 saturated carbocycles. The van der Waals surface area contributed by atoms with E-state index in [-0.39, 0.29) is 17.3 Å². The number of amides is 1. The number of aryl methyl sites for hydroxylation is 1. The van der Waals surface area contributed by atoms with Crippen molar-refractivity contribution in [2.45, 2.75) is 57.3 Å². The first-order valence-electron chi connectivity index (χ1n) is 14.0. The zero-order valence-electron chi connectivity index (χ0n) is 22.8. The summed E-state index contributed by atoms with van der Waals surface area (Å²) in [5.41, 5.74) is 5.44. The molecule has 202 valence electrons. The van der Waals surface area contributed by atoms with Crippen molar-refractivity contribution in [3.63, 3.8) is 0 Å². The molecule has 3 aromatic rings. The largest absolute Gasteiger partial charge is 0.497 e. The Balaban J connectivity index is 1.31. The smallest absolute Gasteiger partial charge is 0.341 e. The summed E-state index contributed by atoms with van der Waals surface area (Å²) in [6, 6.07) is 16.3. The number of methoxy groups -OCH3 is 1. The van der Waals surface area contributed by atoms with Crippen LogP contribution >= 0.6 is 11.3 Å². The number of anilines is 1. The minimum absolute atomic E-state index is 0.109. The van der Waals surface area contributed by atoms with Crippen LogP contribution in [0.2, 0.25) is 0 Å². The summed E-state index contributed by atoms with van der Waals surface area (Å²) in [6.45, 7) is 4.48. The van der Waals surface area contributed by atoms with E-state index in [4.69, 9.17) is 9.47 Å². The molecule has 5 nitrogen and oxygen atoms in total. The minimum atomic E-state index is -0.331. The summed E-state index contributed by atoms with van der Waals surface area (Å²) in [5, 5.41) is 3.64. The number of carbonyl (C=O) groups is 2. The van der Waals surface area contributed by atoms with Crippen molar-refractivity contribution >= 4 is 34.3 Å². The molecule has 1 aromatic heterocycles. The van der Waals surface area contributed by atoms with Crippen LogP contribution in [0.4, 0.5) is 5.00 Å². The second-order valence-corrected chi connectivity index (χ2v) is 12.3. The minimum Gasteiger partial charge on any atom is -0.497 e. The quantitative estimate of drug-likeness (QED) is 0.266. The molecule has 4 atom stereocenters. The maximum absolute atomic E-state index is 13.4. The third kappa shape index (κ3) is 4.49. The van der Waals surface area contributed by atoms with E-state index in [1.54, 1.807) is 24.5 Å². The highest BCUT2D eigenvalue weighted by molar-refractivity contribution is 7.17. The highest BCUT2D eigenvalue weighted by atomic mass is 32.1. The van der Waals surface area contributed by atoms with Crippen molar-refractivity contribution in [3.05, 3.63) is 87.3 Å². The van der Waals surface area contributed by atoms with Crippen LogP contribution in [0.25, 0.3) is 6.08 Å². The zero-order valence-corrected chi connectivity index (χ0v) is 23.6. The standard InChI is InChI=1S/C33H35NO4S/c1-4-38-32(36)29-30-27(39-31(29)34-28(35)15-10-20-8-6-5-7-9-20)19-26-25-13-11-21-18-22(37-3)12-14-23(21)24(25)16-17-33(26,30)2/h5-10,12,14-15,18,24-26H,4,11,13,16-17,19H2,1-3H3,(H,34,35)/b15-10+/t24-,25+,26-,33-/m1/s1. The average molecular weight is 542 g/mol. The highest BCUT2D eigenvalue weighted by Crippen LogP contribution is 2.63. The average Bonchev–Trinajstić information content (AvgIpc) is 3.45. The van der Waals surface area contributed by atoms with Crippen LogP contribution in [0.5, 0.6) is 5.75 Å². The molecule has 3 aliphatic rings. The third-order valence-corrected chi connectivity index (χ3v) is 10.4. The van der Waals surface area contributed by atoms with Gasteiger partial charge in [-0.25, -0.2) is 4.79 Å². The van der Waals surface area contributed by atoms with Crippen LogP contribution in [-0.4, -0.2) is 25.6 Å². The van der Waals surface area contributed by atoms with E-state index in [0.717, 1.165) is 49.0 Å². The molecule has 0 radical (unpaired) electrons. The molecule has 39 heavy (non-hydrogen) atoms. The van der Waals surface area contributed by atoms with Gasteiger partial charge in [-0.05, 0) is 103 Å². The molecule has 6 heteroatoms. The van der Waals surface area contributed by atoms with Gasteiger partial charge in [-0.15, -0.1) is 11.3 Å². The maximum atomic E-state index is 13.4. The first-order valence-corrected chi connectivity index (χ1v) is 14.8. The van der Waals surface area contributed by atoms with Crippen molar-refractivity contribution in [3.8, 4) is 5.75 Å². The fourth-order valence-electron chi connectivity index (χ4n) is 7.49. The number of nitrogens with one attached hydrogen (secondary N) is 1. The lowest BCUT2D eigenvalue weighted by Gasteiger charge is -2.49. The van der Waals surface area contributed by atoms with Crippen LogP contribution in [0.1, 0.15) is 76.5 Å². The van der Waals surface area contributed by atoms with Crippen LogP contribution in [0.15, 0.2) is 54.6 Å². The van der Waals surface area contributed by atoms with Gasteiger partial charge in [0.2, 0.25) is 5.91 Å². The SMILES string of the molecule is CCOC(=O)c1c(NC(=O)/C=C/c2ccccc2)sc2c1[C@]1(C)CC[C@@H]3c4ccc(OC)cc4CC[C@@H]3[C@H]1C2. The fourth-order valence-corrected chi connectivity index (χ4v) is 8.88. The molecule has 0 bridgehead atoms. The summed E-state index contributed by atoms with van der Waals surface area (Å²) in [5.74, 6) is 1.95. The normalized spacial score (nSPS) is 24.8. The van der Waals surface area contributed by atoms with Gasteiger partial charge in [0, 0.05) is 11.0 Å². The predicted octanol–water partition coefficient (Wildman–Crippen LogP) is 7.16. The van der Waals surface area contributed by atoms with Crippen molar-refractivity contribution in [1.82, 2.24) is 0 Å². The first kappa shape index (κ1) is 25.9. The van der Waals surface area contributed by atoms with E-state index < -0.39 is 0 Å². The van der Waals surface area contributed by atoms with Crippen molar-refractivity contribution in [2.75, 3.05) is 19.0 Å². The number of fused-ring (bicyclic) bond motifs is 7. The molecule has 6 rings (SSSR count). The van der Waals surface area contributed by atoms with Crippen molar-refractivity contribution in [1.29, 1.82) is 0 Å². The summed E-state index contributed by atoms with van der Waals surface area (Å²) < 4.78 is 11.0. The number of thiophene rings is 1. The van der Waals surface area contributed by atoms with E-state index >= 15 is 0 Å². The van der Waals surface area contributed by atoms with E-state index in [2.05, 4.69) is 30.4 Å². The van der Waals surface area contributed by atoms with Gasteiger partial charge >= 0.3 is 5.97 Å². The van der Waals surface area contributed by atoms with E-state index in [0.29, 0.717) is 34.9 Å². The monoisotopic (exact) mass is 541 g/mol. The molecule has 1 N–H and O–H groups in total. The molecule has 0 spiro atoms. The van der Waals surface area contributed by atoms with Gasteiger partial charge in [-0.2, -0.15) is 0 Å². The zero-order chi connectivity index (χ0) is 27.1. The van der Waals surface area contributed by atoms with Gasteiger partial charge in [0.05, 0.1) is 19.3 Å². The fraction of sp³-hybridized carbons (Fsp3) is 0.394. The highest BCUT2D eigenvalue weighted by Gasteiger charge is 2.55. The predicted molar refractivity (Wildman–Crippen MR) is 156 cm³/mol. The number of hydrogen-bond donors (Lipinski definition) is 1. The first-order chi connectivity index (χ1) is 18.9. The molecule has 1 amide bonds. The van der Waals surface area contributed by atoms with Gasteiger partial charge in [0.15, 0.2) is 0 Å². The Bertz CT molecular complexity index is 1440. The van der Waals surface area contributed by atoms with Crippen LogP contribution in [-0.2, 0) is 27.8 Å². The second kappa shape index (κ2) is 10.3. The Morgan fingerprint density at radius 2 is 1.97 bits per heavy atom. The lowest BCUT2D eigenvalue weighted by molar-refractivity contribution is -0.111. The van der Waals surface area contributed by atoms with Crippen LogP contribution in [0, 0.1) is 11.8 Å². The van der Waals surface area contributed by atoms with Gasteiger partial charge in [-0.3, -0.25) is 4.79 Å². The number of esters is 1. The van der Waals surface area contributed by atoms with E-state index in [1.165, 1.54) is 22.1 Å². The molecule has 0 aliphatic heterocycles. The molecule has 3 aliphatic carbocycles. The molecule has 0 saturated heterocycles. The molecule has 0 unspecified atom stereocenters. The summed E-state index contributed by atoms with van der Waals surface area (Å²) >= 11 is 1.56. The number of ether oxygens (including phenoxy) is 2. The van der Waals surface area contributed by atoms with Crippen LogP contribution < -0.4 is 10.1 Å². The van der Waals surface area contributed by atoms with Crippen LogP contribution in [0.3, 0.4) is 0 Å². The van der Waals surface area contributed by atoms with Crippen molar-refractivity contribution in [2.24, 2.45) is 11.8 Å². The van der Waals surface area contributed by atoms with E-state index in [1.807, 2.05) is 37.3 Å². The second-order valence-electron chi connectivity index (χ2n) is 11.2.